The quantitative estimate of drug-likeness (QED) is 0.905. The molecule has 1 saturated heterocycles. The zero-order valence-corrected chi connectivity index (χ0v) is 14.5. The van der Waals surface area contributed by atoms with E-state index in [-0.39, 0.29) is 11.9 Å². The van der Waals surface area contributed by atoms with Gasteiger partial charge in [0.1, 0.15) is 6.10 Å². The van der Waals surface area contributed by atoms with Gasteiger partial charge in [0, 0.05) is 31.8 Å². The van der Waals surface area contributed by atoms with E-state index in [1.807, 2.05) is 13.2 Å². The zero-order valence-electron chi connectivity index (χ0n) is 14.5. The van der Waals surface area contributed by atoms with E-state index < -0.39 is 12.0 Å². The smallest absolute Gasteiger partial charge is 0.252 e. The SMILES string of the molecule is CN1C(=O)[C@H](O)[C@H](c2nc(C3CCCCC3)no2)[C@H]1c1cnn(C)c1. The molecule has 0 aromatic carbocycles. The van der Waals surface area contributed by atoms with Crippen LogP contribution in [0.15, 0.2) is 16.9 Å². The molecule has 1 aliphatic carbocycles. The zero-order chi connectivity index (χ0) is 17.6. The monoisotopic (exact) mass is 345 g/mol. The fourth-order valence-electron chi connectivity index (χ4n) is 4.12. The van der Waals surface area contributed by atoms with Gasteiger partial charge in [-0.15, -0.1) is 0 Å². The van der Waals surface area contributed by atoms with E-state index in [1.165, 1.54) is 24.2 Å². The summed E-state index contributed by atoms with van der Waals surface area (Å²) in [6.07, 6.45) is 8.12. The molecule has 1 amide bonds. The van der Waals surface area contributed by atoms with E-state index in [2.05, 4.69) is 15.2 Å². The molecule has 3 atom stereocenters. The van der Waals surface area contributed by atoms with Crippen molar-refractivity contribution in [1.29, 1.82) is 0 Å². The van der Waals surface area contributed by atoms with Crippen LogP contribution in [-0.2, 0) is 11.8 Å². The molecular formula is C17H23N5O3. The molecule has 0 unspecified atom stereocenters. The topological polar surface area (TPSA) is 97.3 Å². The number of likely N-dealkylation sites (tertiary alicyclic amines) is 1. The van der Waals surface area contributed by atoms with Crippen LogP contribution in [0.5, 0.6) is 0 Å². The summed E-state index contributed by atoms with van der Waals surface area (Å²) in [6, 6.07) is -0.365. The lowest BCUT2D eigenvalue weighted by Crippen LogP contribution is -2.26. The normalized spacial score (nSPS) is 28.0. The van der Waals surface area contributed by atoms with Gasteiger partial charge in [-0.25, -0.2) is 0 Å². The van der Waals surface area contributed by atoms with Gasteiger partial charge in [-0.2, -0.15) is 10.1 Å². The molecule has 0 spiro atoms. The fourth-order valence-corrected chi connectivity index (χ4v) is 4.12. The van der Waals surface area contributed by atoms with Crippen molar-refractivity contribution in [3.05, 3.63) is 29.7 Å². The first-order valence-corrected chi connectivity index (χ1v) is 8.83. The molecule has 0 bridgehead atoms. The van der Waals surface area contributed by atoms with Gasteiger partial charge in [0.25, 0.3) is 5.91 Å². The van der Waals surface area contributed by atoms with Gasteiger partial charge in [-0.05, 0) is 12.8 Å². The van der Waals surface area contributed by atoms with Crippen molar-refractivity contribution in [3.63, 3.8) is 0 Å². The Kier molecular flexibility index (Phi) is 4.07. The van der Waals surface area contributed by atoms with Crippen molar-refractivity contribution in [2.24, 2.45) is 7.05 Å². The van der Waals surface area contributed by atoms with Gasteiger partial charge in [0.05, 0.1) is 18.2 Å². The average Bonchev–Trinajstić information content (AvgIpc) is 3.31. The standard InChI is InChI=1S/C17H23N5O3/c1-21-9-11(8-18-21)13-12(14(23)17(24)22(13)2)16-19-15(20-25-16)10-6-4-3-5-7-10/h8-10,12-14,23H,3-7H2,1-2H3/t12-,13-,14-/m1/s1. The Morgan fingerprint density at radius 3 is 2.68 bits per heavy atom. The Balaban J connectivity index is 1.66. The molecule has 4 rings (SSSR count). The lowest BCUT2D eigenvalue weighted by Gasteiger charge is -2.21. The molecule has 1 aliphatic heterocycles. The minimum atomic E-state index is -1.19. The first-order chi connectivity index (χ1) is 12.1. The minimum Gasteiger partial charge on any atom is -0.382 e. The molecule has 2 aromatic rings. The molecule has 134 valence electrons. The van der Waals surface area contributed by atoms with Gasteiger partial charge in [-0.3, -0.25) is 9.48 Å². The van der Waals surface area contributed by atoms with E-state index in [4.69, 9.17) is 4.52 Å². The first-order valence-electron chi connectivity index (χ1n) is 8.83. The predicted molar refractivity (Wildman–Crippen MR) is 87.6 cm³/mol. The van der Waals surface area contributed by atoms with Crippen LogP contribution in [0, 0.1) is 0 Å². The number of amides is 1. The number of carbonyl (C=O) groups is 1. The maximum Gasteiger partial charge on any atom is 0.252 e. The maximum absolute atomic E-state index is 12.3. The van der Waals surface area contributed by atoms with Crippen molar-refractivity contribution in [3.8, 4) is 0 Å². The minimum absolute atomic E-state index is 0.315. The lowest BCUT2D eigenvalue weighted by atomic mass is 9.89. The summed E-state index contributed by atoms with van der Waals surface area (Å²) in [6.45, 7) is 0. The highest BCUT2D eigenvalue weighted by Crippen LogP contribution is 2.43. The van der Waals surface area contributed by atoms with Gasteiger partial charge < -0.3 is 14.5 Å². The second kappa shape index (κ2) is 6.25. The maximum atomic E-state index is 12.3. The number of aryl methyl sites for hydroxylation is 1. The van der Waals surface area contributed by atoms with Crippen LogP contribution < -0.4 is 0 Å². The Morgan fingerprint density at radius 2 is 2.00 bits per heavy atom. The molecule has 3 heterocycles. The molecule has 8 heteroatoms. The third-order valence-corrected chi connectivity index (χ3v) is 5.48. The molecule has 8 nitrogen and oxygen atoms in total. The Hall–Kier alpha value is -2.22. The molecule has 1 N–H and O–H groups in total. The molecule has 2 aliphatic rings. The van der Waals surface area contributed by atoms with Crippen LogP contribution >= 0.6 is 0 Å². The number of aliphatic hydroxyl groups excluding tert-OH is 1. The molecule has 0 radical (unpaired) electrons. The van der Waals surface area contributed by atoms with Crippen molar-refractivity contribution < 1.29 is 14.4 Å². The second-order valence-corrected chi connectivity index (χ2v) is 7.14. The van der Waals surface area contributed by atoms with E-state index >= 15 is 0 Å². The second-order valence-electron chi connectivity index (χ2n) is 7.14. The molecule has 2 fully saturated rings. The van der Waals surface area contributed by atoms with Crippen LogP contribution in [0.25, 0.3) is 0 Å². The van der Waals surface area contributed by atoms with Crippen molar-refractivity contribution >= 4 is 5.91 Å². The van der Waals surface area contributed by atoms with Crippen LogP contribution in [0.3, 0.4) is 0 Å². The first kappa shape index (κ1) is 16.3. The number of hydrogen-bond donors (Lipinski definition) is 1. The van der Waals surface area contributed by atoms with E-state index in [1.54, 1.807) is 17.9 Å². The number of aromatic nitrogens is 4. The van der Waals surface area contributed by atoms with Gasteiger partial charge >= 0.3 is 0 Å². The van der Waals surface area contributed by atoms with Crippen LogP contribution in [-0.4, -0.2) is 49.0 Å². The Bertz CT molecular complexity index is 764. The van der Waals surface area contributed by atoms with E-state index in [9.17, 15) is 9.90 Å². The van der Waals surface area contributed by atoms with Crippen LogP contribution in [0.4, 0.5) is 0 Å². The third kappa shape index (κ3) is 2.74. The largest absolute Gasteiger partial charge is 0.382 e. The summed E-state index contributed by atoms with van der Waals surface area (Å²) in [4.78, 5) is 18.5. The molecule has 25 heavy (non-hydrogen) atoms. The molecule has 1 saturated carbocycles. The number of hydrogen-bond acceptors (Lipinski definition) is 6. The highest BCUT2D eigenvalue weighted by atomic mass is 16.5. The molecule has 2 aromatic heterocycles. The summed E-state index contributed by atoms with van der Waals surface area (Å²) < 4.78 is 7.18. The number of aliphatic hydroxyl groups is 1. The molecular weight excluding hydrogens is 322 g/mol. The van der Waals surface area contributed by atoms with Crippen molar-refractivity contribution in [1.82, 2.24) is 24.8 Å². The number of carbonyl (C=O) groups excluding carboxylic acids is 1. The summed E-state index contributed by atoms with van der Waals surface area (Å²) in [7, 11) is 3.50. The Labute approximate surface area is 145 Å². The van der Waals surface area contributed by atoms with Crippen LogP contribution in [0.1, 0.15) is 67.3 Å². The third-order valence-electron chi connectivity index (χ3n) is 5.48. The summed E-state index contributed by atoms with van der Waals surface area (Å²) in [5.74, 6) is 0.436. The number of rotatable bonds is 3. The van der Waals surface area contributed by atoms with Gasteiger partial charge in [-0.1, -0.05) is 24.4 Å². The Morgan fingerprint density at radius 1 is 1.24 bits per heavy atom. The van der Waals surface area contributed by atoms with E-state index in [0.29, 0.717) is 17.6 Å². The van der Waals surface area contributed by atoms with Crippen molar-refractivity contribution in [2.45, 2.75) is 56.1 Å². The summed E-state index contributed by atoms with van der Waals surface area (Å²) in [5, 5.41) is 18.8. The van der Waals surface area contributed by atoms with Gasteiger partial charge in [0.15, 0.2) is 5.82 Å². The van der Waals surface area contributed by atoms with Crippen LogP contribution in [0.2, 0.25) is 0 Å². The predicted octanol–water partition coefficient (Wildman–Crippen LogP) is 1.51. The fraction of sp³-hybridized carbons (Fsp3) is 0.647. The number of likely N-dealkylation sites (N-methyl/N-ethyl adjacent to an activating group) is 1. The van der Waals surface area contributed by atoms with Crippen molar-refractivity contribution in [2.75, 3.05) is 7.05 Å². The summed E-state index contributed by atoms with van der Waals surface area (Å²) in [5.41, 5.74) is 0.845. The number of nitrogens with zero attached hydrogens (tertiary/aromatic N) is 5. The van der Waals surface area contributed by atoms with E-state index in [0.717, 1.165) is 18.4 Å². The highest BCUT2D eigenvalue weighted by molar-refractivity contribution is 5.85. The summed E-state index contributed by atoms with van der Waals surface area (Å²) >= 11 is 0. The average molecular weight is 345 g/mol. The van der Waals surface area contributed by atoms with Gasteiger partial charge in [0.2, 0.25) is 5.89 Å². The lowest BCUT2D eigenvalue weighted by molar-refractivity contribution is -0.134. The highest BCUT2D eigenvalue weighted by Gasteiger charge is 2.50.